The molecule has 0 saturated carbocycles. The molecule has 0 heterocycles. The summed E-state index contributed by atoms with van der Waals surface area (Å²) in [5.41, 5.74) is 0. The lowest BCUT2D eigenvalue weighted by Gasteiger charge is -2.18. The molecule has 410 valence electrons. The number of ether oxygens (including phenoxy) is 3. The van der Waals surface area contributed by atoms with Crippen LogP contribution in [-0.4, -0.2) is 37.2 Å². The Kier molecular flexibility index (Phi) is 56.8. The van der Waals surface area contributed by atoms with Gasteiger partial charge in [-0.15, -0.1) is 0 Å². The number of hydrogen-bond acceptors (Lipinski definition) is 6. The molecule has 0 fully saturated rings. The van der Waals surface area contributed by atoms with Crippen molar-refractivity contribution in [3.63, 3.8) is 0 Å². The molecule has 6 nitrogen and oxygen atoms in total. The maximum Gasteiger partial charge on any atom is 0.306 e. The summed E-state index contributed by atoms with van der Waals surface area (Å²) in [6, 6.07) is 0. The third kappa shape index (κ3) is 57.6. The third-order valence-corrected chi connectivity index (χ3v) is 13.2. The molecule has 1 atom stereocenters. The van der Waals surface area contributed by atoms with Crippen molar-refractivity contribution in [1.29, 1.82) is 0 Å². The number of hydrogen-bond donors (Lipinski definition) is 0. The Balaban J connectivity index is 4.27. The number of esters is 3. The zero-order valence-electron chi connectivity index (χ0n) is 47.0. The Morgan fingerprint density at radius 3 is 0.915 bits per heavy atom. The van der Waals surface area contributed by atoms with Gasteiger partial charge in [0.25, 0.3) is 0 Å². The van der Waals surface area contributed by atoms with Gasteiger partial charge >= 0.3 is 17.9 Å². The van der Waals surface area contributed by atoms with Crippen molar-refractivity contribution in [3.8, 4) is 0 Å². The number of rotatable bonds is 55. The van der Waals surface area contributed by atoms with E-state index in [1.165, 1.54) is 154 Å². The smallest absolute Gasteiger partial charge is 0.306 e. The van der Waals surface area contributed by atoms with E-state index < -0.39 is 6.10 Å². The molecule has 0 aliphatic rings. The molecular formula is C65H114O6. The monoisotopic (exact) mass is 991 g/mol. The number of allylic oxidation sites excluding steroid dienone is 12. The van der Waals surface area contributed by atoms with Crippen LogP contribution in [0, 0.1) is 0 Å². The summed E-state index contributed by atoms with van der Waals surface area (Å²) < 4.78 is 16.9. The van der Waals surface area contributed by atoms with Gasteiger partial charge in [-0.2, -0.15) is 0 Å². The lowest BCUT2D eigenvalue weighted by molar-refractivity contribution is -0.167. The van der Waals surface area contributed by atoms with Gasteiger partial charge in [0.15, 0.2) is 6.10 Å². The van der Waals surface area contributed by atoms with Gasteiger partial charge in [0.1, 0.15) is 13.2 Å². The van der Waals surface area contributed by atoms with Gasteiger partial charge in [0, 0.05) is 19.3 Å². The van der Waals surface area contributed by atoms with Crippen LogP contribution in [0.4, 0.5) is 0 Å². The van der Waals surface area contributed by atoms with Crippen LogP contribution in [0.3, 0.4) is 0 Å². The summed E-state index contributed by atoms with van der Waals surface area (Å²) in [5.74, 6) is -0.881. The molecule has 0 aliphatic heterocycles. The van der Waals surface area contributed by atoms with Crippen molar-refractivity contribution in [2.45, 2.75) is 309 Å². The highest BCUT2D eigenvalue weighted by atomic mass is 16.6. The standard InChI is InChI=1S/C65H114O6/c1-4-7-10-13-16-19-22-25-27-28-29-30-31-32-33-34-35-36-38-40-43-46-49-52-55-58-64(67)70-61-62(60-69-63(66)57-54-51-48-45-42-39-24-21-18-15-12-9-6-3)71-65(68)59-56-53-50-47-44-41-37-26-23-20-17-14-11-8-5-2/h7,10,12,15-16,19,21,24-25,27,29-30,62H,4-6,8-9,11,13-14,17-18,20,22-23,26,28,31-61H2,1-3H3/b10-7-,15-12-,19-16-,24-21-,27-25-,30-29-. The SMILES string of the molecule is CC/C=C\C/C=C\C/C=C\C/C=C\CCCCCCCCCCCCCCC(=O)OCC(COC(=O)CCCCCCC/C=C\C/C=C\CCC)OC(=O)CCCCCCCCCCCCCCCCC. The van der Waals surface area contributed by atoms with Crippen molar-refractivity contribution in [2.24, 2.45) is 0 Å². The highest BCUT2D eigenvalue weighted by Crippen LogP contribution is 2.17. The summed E-state index contributed by atoms with van der Waals surface area (Å²) in [6.45, 7) is 6.48. The lowest BCUT2D eigenvalue weighted by Crippen LogP contribution is -2.30. The van der Waals surface area contributed by atoms with Crippen LogP contribution in [0.2, 0.25) is 0 Å². The molecule has 0 aliphatic carbocycles. The molecule has 1 unspecified atom stereocenters. The molecule has 0 saturated heterocycles. The Hall–Kier alpha value is -3.15. The van der Waals surface area contributed by atoms with Gasteiger partial charge < -0.3 is 14.2 Å². The van der Waals surface area contributed by atoms with E-state index in [2.05, 4.69) is 93.7 Å². The van der Waals surface area contributed by atoms with Crippen molar-refractivity contribution in [2.75, 3.05) is 13.2 Å². The van der Waals surface area contributed by atoms with Gasteiger partial charge in [-0.25, -0.2) is 0 Å². The molecule has 71 heavy (non-hydrogen) atoms. The Labute approximate surface area is 440 Å². The maximum absolute atomic E-state index is 12.9. The van der Waals surface area contributed by atoms with E-state index in [0.717, 1.165) is 109 Å². The molecule has 0 N–H and O–H groups in total. The highest BCUT2D eigenvalue weighted by molar-refractivity contribution is 5.71. The molecule has 0 radical (unpaired) electrons. The molecule has 0 rings (SSSR count). The summed E-state index contributed by atoms with van der Waals surface area (Å²) in [5, 5.41) is 0. The van der Waals surface area contributed by atoms with E-state index in [1.807, 2.05) is 0 Å². The van der Waals surface area contributed by atoms with Crippen LogP contribution in [-0.2, 0) is 28.6 Å². The van der Waals surface area contributed by atoms with Crippen molar-refractivity contribution < 1.29 is 28.6 Å². The molecule has 0 aromatic rings. The predicted octanol–water partition coefficient (Wildman–Crippen LogP) is 20.5. The second-order valence-corrected chi connectivity index (χ2v) is 20.2. The quantitative estimate of drug-likeness (QED) is 0.0261. The lowest BCUT2D eigenvalue weighted by atomic mass is 10.0. The molecule has 0 aromatic heterocycles. The van der Waals surface area contributed by atoms with Crippen LogP contribution < -0.4 is 0 Å². The number of carbonyl (C=O) groups is 3. The zero-order valence-corrected chi connectivity index (χ0v) is 47.0. The maximum atomic E-state index is 12.9. The van der Waals surface area contributed by atoms with Crippen LogP contribution in [0.25, 0.3) is 0 Å². The van der Waals surface area contributed by atoms with E-state index >= 15 is 0 Å². The summed E-state index contributed by atoms with van der Waals surface area (Å²) in [6.07, 6.45) is 76.1. The minimum Gasteiger partial charge on any atom is -0.462 e. The average molecular weight is 992 g/mol. The average Bonchev–Trinajstić information content (AvgIpc) is 3.37. The van der Waals surface area contributed by atoms with E-state index in [9.17, 15) is 14.4 Å². The second kappa shape index (κ2) is 59.4. The van der Waals surface area contributed by atoms with Crippen molar-refractivity contribution >= 4 is 17.9 Å². The first-order chi connectivity index (χ1) is 35.0. The number of carbonyl (C=O) groups excluding carboxylic acids is 3. The Morgan fingerprint density at radius 2 is 0.577 bits per heavy atom. The van der Waals surface area contributed by atoms with Crippen LogP contribution in [0.5, 0.6) is 0 Å². The van der Waals surface area contributed by atoms with Crippen molar-refractivity contribution in [3.05, 3.63) is 72.9 Å². The fourth-order valence-electron chi connectivity index (χ4n) is 8.65. The van der Waals surface area contributed by atoms with Crippen LogP contribution in [0.1, 0.15) is 303 Å². The normalized spacial score (nSPS) is 12.5. The Bertz CT molecular complexity index is 1320. The highest BCUT2D eigenvalue weighted by Gasteiger charge is 2.19. The molecule has 0 aromatic carbocycles. The van der Waals surface area contributed by atoms with Gasteiger partial charge in [0.2, 0.25) is 0 Å². The van der Waals surface area contributed by atoms with Gasteiger partial charge in [-0.1, -0.05) is 273 Å². The summed E-state index contributed by atoms with van der Waals surface area (Å²) in [7, 11) is 0. The fraction of sp³-hybridized carbons (Fsp3) is 0.769. The fourth-order valence-corrected chi connectivity index (χ4v) is 8.65. The first kappa shape index (κ1) is 67.8. The van der Waals surface area contributed by atoms with Crippen LogP contribution in [0.15, 0.2) is 72.9 Å². The number of unbranched alkanes of at least 4 members (excludes halogenated alkanes) is 32. The minimum absolute atomic E-state index is 0.0779. The molecule has 0 spiro atoms. The second-order valence-electron chi connectivity index (χ2n) is 20.2. The van der Waals surface area contributed by atoms with E-state index in [0.29, 0.717) is 19.3 Å². The molecule has 0 bridgehead atoms. The summed E-state index contributed by atoms with van der Waals surface area (Å²) >= 11 is 0. The predicted molar refractivity (Wildman–Crippen MR) is 307 cm³/mol. The third-order valence-electron chi connectivity index (χ3n) is 13.2. The first-order valence-electron chi connectivity index (χ1n) is 30.4. The van der Waals surface area contributed by atoms with Gasteiger partial charge in [-0.05, 0) is 83.5 Å². The van der Waals surface area contributed by atoms with Gasteiger partial charge in [0.05, 0.1) is 0 Å². The molecule has 6 heteroatoms. The molecule has 0 amide bonds. The van der Waals surface area contributed by atoms with E-state index in [4.69, 9.17) is 14.2 Å². The van der Waals surface area contributed by atoms with Crippen molar-refractivity contribution in [1.82, 2.24) is 0 Å². The van der Waals surface area contributed by atoms with Crippen LogP contribution >= 0.6 is 0 Å². The van der Waals surface area contributed by atoms with Gasteiger partial charge in [-0.3, -0.25) is 14.4 Å². The summed E-state index contributed by atoms with van der Waals surface area (Å²) in [4.78, 5) is 38.2. The molecular weight excluding hydrogens is 877 g/mol. The first-order valence-corrected chi connectivity index (χ1v) is 30.4. The Morgan fingerprint density at radius 1 is 0.296 bits per heavy atom. The van der Waals surface area contributed by atoms with E-state index in [-0.39, 0.29) is 31.1 Å². The zero-order chi connectivity index (χ0) is 51.4. The largest absolute Gasteiger partial charge is 0.462 e. The topological polar surface area (TPSA) is 78.9 Å². The van der Waals surface area contributed by atoms with E-state index in [1.54, 1.807) is 0 Å². The minimum atomic E-state index is -0.780.